The smallest absolute Gasteiger partial charge is 0.414 e. The van der Waals surface area contributed by atoms with Gasteiger partial charge in [0.05, 0.1) is 12.2 Å². The maximum Gasteiger partial charge on any atom is 0.414 e. The fourth-order valence-electron chi connectivity index (χ4n) is 3.94. The number of anilines is 1. The number of ether oxygens (including phenoxy) is 3. The minimum absolute atomic E-state index is 0.0155. The highest BCUT2D eigenvalue weighted by Gasteiger charge is 2.34. The molecular formula is C23H25F2N3O6. The molecule has 0 aliphatic carbocycles. The van der Waals surface area contributed by atoms with E-state index in [0.29, 0.717) is 38.0 Å². The van der Waals surface area contributed by atoms with Crippen molar-refractivity contribution in [2.45, 2.75) is 25.4 Å². The fraction of sp³-hybridized carbons (Fsp3) is 0.435. The zero-order valence-electron chi connectivity index (χ0n) is 18.7. The highest BCUT2D eigenvalue weighted by Crippen LogP contribution is 2.32. The maximum absolute atomic E-state index is 15.0. The van der Waals surface area contributed by atoms with Gasteiger partial charge in [-0.25, -0.2) is 13.6 Å². The predicted molar refractivity (Wildman–Crippen MR) is 116 cm³/mol. The van der Waals surface area contributed by atoms with Gasteiger partial charge in [0, 0.05) is 44.9 Å². The van der Waals surface area contributed by atoms with Crippen LogP contribution in [0.1, 0.15) is 24.8 Å². The third-order valence-corrected chi connectivity index (χ3v) is 5.67. The van der Waals surface area contributed by atoms with E-state index >= 15 is 0 Å². The summed E-state index contributed by atoms with van der Waals surface area (Å²) in [6, 6.07) is 3.74. The van der Waals surface area contributed by atoms with Crippen molar-refractivity contribution in [3.8, 4) is 5.88 Å². The first-order chi connectivity index (χ1) is 16.5. The zero-order chi connectivity index (χ0) is 24.1. The molecular weight excluding hydrogens is 452 g/mol. The van der Waals surface area contributed by atoms with Crippen molar-refractivity contribution in [2.24, 2.45) is 0 Å². The van der Waals surface area contributed by atoms with E-state index in [0.717, 1.165) is 17.0 Å². The fourth-order valence-corrected chi connectivity index (χ4v) is 3.94. The molecule has 0 N–H and O–H groups in total. The van der Waals surface area contributed by atoms with Crippen LogP contribution in [-0.2, 0) is 14.3 Å². The Balaban J connectivity index is 1.40. The van der Waals surface area contributed by atoms with Crippen LogP contribution in [0.2, 0.25) is 0 Å². The summed E-state index contributed by atoms with van der Waals surface area (Å²) >= 11 is 0. The van der Waals surface area contributed by atoms with E-state index in [4.69, 9.17) is 14.2 Å². The van der Waals surface area contributed by atoms with Crippen LogP contribution in [0.15, 0.2) is 35.1 Å². The summed E-state index contributed by atoms with van der Waals surface area (Å²) in [5.41, 5.74) is 0.401. The third kappa shape index (κ3) is 5.36. The Labute approximate surface area is 194 Å². The lowest BCUT2D eigenvalue weighted by atomic mass is 9.97. The largest absolute Gasteiger partial charge is 0.471 e. The van der Waals surface area contributed by atoms with E-state index in [2.05, 4.69) is 9.68 Å². The number of methoxy groups -OCH3 is 1. The summed E-state index contributed by atoms with van der Waals surface area (Å²) in [4.78, 5) is 27.3. The van der Waals surface area contributed by atoms with Gasteiger partial charge < -0.3 is 23.6 Å². The number of rotatable bonds is 9. The molecule has 1 saturated heterocycles. The van der Waals surface area contributed by atoms with Gasteiger partial charge in [-0.3, -0.25) is 9.69 Å². The van der Waals surface area contributed by atoms with Crippen molar-refractivity contribution in [2.75, 3.05) is 44.9 Å². The number of hydrogen-bond donors (Lipinski definition) is 0. The summed E-state index contributed by atoms with van der Waals surface area (Å²) in [7, 11) is 1.58. The first-order valence-corrected chi connectivity index (χ1v) is 10.9. The van der Waals surface area contributed by atoms with E-state index in [1.54, 1.807) is 18.1 Å². The highest BCUT2D eigenvalue weighted by atomic mass is 19.1. The molecule has 11 heteroatoms. The first kappa shape index (κ1) is 23.7. The van der Waals surface area contributed by atoms with Gasteiger partial charge in [-0.05, 0) is 35.7 Å². The molecule has 1 aromatic heterocycles. The van der Waals surface area contributed by atoms with Gasteiger partial charge in [0.25, 0.3) is 5.88 Å². The van der Waals surface area contributed by atoms with Crippen molar-refractivity contribution in [1.82, 2.24) is 10.1 Å². The van der Waals surface area contributed by atoms with Crippen LogP contribution in [0.3, 0.4) is 0 Å². The average Bonchev–Trinajstić information content (AvgIpc) is 3.47. The van der Waals surface area contributed by atoms with Gasteiger partial charge in [-0.1, -0.05) is 6.08 Å². The lowest BCUT2D eigenvalue weighted by Crippen LogP contribution is -2.34. The second-order valence-corrected chi connectivity index (χ2v) is 7.96. The number of amides is 2. The number of carbonyl (C=O) groups is 2. The summed E-state index contributed by atoms with van der Waals surface area (Å²) in [5.74, 6) is -1.34. The Morgan fingerprint density at radius 3 is 2.74 bits per heavy atom. The van der Waals surface area contributed by atoms with Crippen LogP contribution in [0.4, 0.5) is 19.3 Å². The molecule has 9 nitrogen and oxygen atoms in total. The van der Waals surface area contributed by atoms with Crippen LogP contribution in [0, 0.1) is 11.6 Å². The minimum atomic E-state index is -0.781. The summed E-state index contributed by atoms with van der Waals surface area (Å²) < 4.78 is 50.1. The van der Waals surface area contributed by atoms with Crippen molar-refractivity contribution in [1.29, 1.82) is 0 Å². The number of aromatic nitrogens is 1. The topological polar surface area (TPSA) is 94.3 Å². The maximum atomic E-state index is 15.0. The monoisotopic (exact) mass is 477 g/mol. The molecule has 2 aromatic rings. The molecule has 2 amide bonds. The molecule has 1 aromatic carbocycles. The number of benzene rings is 1. The van der Waals surface area contributed by atoms with Gasteiger partial charge in [-0.15, -0.1) is 0 Å². The SMILES string of the molecule is COCCCC(=O)N1CC=C(c2c(F)cc(N3C[C@H](COc4ccon4)OC3=O)cc2F)CC1. The van der Waals surface area contributed by atoms with Gasteiger partial charge in [0.1, 0.15) is 24.5 Å². The molecule has 2 aliphatic rings. The van der Waals surface area contributed by atoms with E-state index in [1.165, 1.54) is 12.3 Å². The van der Waals surface area contributed by atoms with Gasteiger partial charge in [-0.2, -0.15) is 0 Å². The zero-order valence-corrected chi connectivity index (χ0v) is 18.7. The van der Waals surface area contributed by atoms with E-state index in [-0.39, 0.29) is 42.7 Å². The number of cyclic esters (lactones) is 1. The van der Waals surface area contributed by atoms with Crippen LogP contribution in [0.25, 0.3) is 5.57 Å². The Bertz CT molecular complexity index is 1040. The molecule has 4 rings (SSSR count). The van der Waals surface area contributed by atoms with Crippen LogP contribution < -0.4 is 9.64 Å². The molecule has 0 bridgehead atoms. The average molecular weight is 477 g/mol. The Hall–Kier alpha value is -3.47. The molecule has 1 atom stereocenters. The number of hydrogen-bond acceptors (Lipinski definition) is 7. The summed E-state index contributed by atoms with van der Waals surface area (Å²) in [5, 5.41) is 3.60. The molecule has 182 valence electrons. The van der Waals surface area contributed by atoms with Crippen molar-refractivity contribution < 1.29 is 37.1 Å². The summed E-state index contributed by atoms with van der Waals surface area (Å²) in [6.07, 6.45) is 2.97. The molecule has 0 unspecified atom stereocenters. The Kier molecular flexibility index (Phi) is 7.41. The van der Waals surface area contributed by atoms with Crippen molar-refractivity contribution in [3.05, 3.63) is 47.7 Å². The van der Waals surface area contributed by atoms with Crippen LogP contribution in [0.5, 0.6) is 5.88 Å². The molecule has 1 fully saturated rings. The molecule has 3 heterocycles. The first-order valence-electron chi connectivity index (χ1n) is 10.9. The second-order valence-electron chi connectivity index (χ2n) is 7.96. The number of nitrogens with zero attached hydrogens (tertiary/aromatic N) is 3. The lowest BCUT2D eigenvalue weighted by molar-refractivity contribution is -0.131. The number of halogens is 2. The number of carbonyl (C=O) groups excluding carboxylic acids is 2. The van der Waals surface area contributed by atoms with Crippen LogP contribution >= 0.6 is 0 Å². The molecule has 2 aliphatic heterocycles. The quantitative estimate of drug-likeness (QED) is 0.511. The molecule has 0 radical (unpaired) electrons. The predicted octanol–water partition coefficient (Wildman–Crippen LogP) is 3.40. The van der Waals surface area contributed by atoms with Gasteiger partial charge in [0.15, 0.2) is 6.10 Å². The second kappa shape index (κ2) is 10.6. The van der Waals surface area contributed by atoms with E-state index in [9.17, 15) is 18.4 Å². The Morgan fingerprint density at radius 2 is 2.09 bits per heavy atom. The van der Waals surface area contributed by atoms with Crippen molar-refractivity contribution in [3.63, 3.8) is 0 Å². The standard InChI is InChI=1S/C23H25F2N3O6/c1-31-9-2-3-21(29)27-7-4-15(5-8-27)22-18(24)11-16(12-19(22)25)28-13-17(34-23(28)30)14-32-20-6-10-33-26-20/h4,6,10-12,17H,2-3,5,7-9,13-14H2,1H3/t17-/m1/s1. The van der Waals surface area contributed by atoms with Gasteiger partial charge >= 0.3 is 6.09 Å². The normalized spacial score (nSPS) is 18.1. The highest BCUT2D eigenvalue weighted by molar-refractivity contribution is 5.90. The molecule has 0 spiro atoms. The molecule has 0 saturated carbocycles. The molecule has 34 heavy (non-hydrogen) atoms. The van der Waals surface area contributed by atoms with Crippen LogP contribution in [-0.4, -0.2) is 68.1 Å². The summed E-state index contributed by atoms with van der Waals surface area (Å²) in [6.45, 7) is 1.25. The Morgan fingerprint density at radius 1 is 1.29 bits per heavy atom. The third-order valence-electron chi connectivity index (χ3n) is 5.67. The van der Waals surface area contributed by atoms with E-state index < -0.39 is 23.8 Å². The van der Waals surface area contributed by atoms with E-state index in [1.807, 2.05) is 0 Å². The minimum Gasteiger partial charge on any atom is -0.471 e. The van der Waals surface area contributed by atoms with Crippen molar-refractivity contribution >= 4 is 23.3 Å². The lowest BCUT2D eigenvalue weighted by Gasteiger charge is -2.27. The van der Waals surface area contributed by atoms with Gasteiger partial charge in [0.2, 0.25) is 5.91 Å².